The molecule has 0 bridgehead atoms. The Hall–Kier alpha value is -0.610. The number of rotatable bonds is 3. The van der Waals surface area contributed by atoms with Crippen molar-refractivity contribution in [1.82, 2.24) is 15.5 Å². The highest BCUT2D eigenvalue weighted by molar-refractivity contribution is 5.85. The van der Waals surface area contributed by atoms with Crippen molar-refractivity contribution in [2.24, 2.45) is 5.92 Å². The van der Waals surface area contributed by atoms with E-state index in [2.05, 4.69) is 15.5 Å². The third-order valence-electron chi connectivity index (χ3n) is 3.01. The number of hydrogen-bond acceptors (Lipinski definition) is 4. The molecule has 0 spiro atoms. The summed E-state index contributed by atoms with van der Waals surface area (Å²) in [5.41, 5.74) is 0. The molecule has 1 saturated heterocycles. The third-order valence-corrected chi connectivity index (χ3v) is 3.01. The molecule has 84 valence electrons. The maximum atomic E-state index is 5.25. The molecule has 0 amide bonds. The molecular formula is C10H16ClN3O. The first-order valence-electron chi connectivity index (χ1n) is 5.47. The quantitative estimate of drug-likeness (QED) is 0.860. The van der Waals surface area contributed by atoms with Crippen LogP contribution in [-0.2, 0) is 6.42 Å². The molecule has 2 heterocycles. The van der Waals surface area contributed by atoms with E-state index in [1.807, 2.05) is 0 Å². The van der Waals surface area contributed by atoms with E-state index in [1.54, 1.807) is 0 Å². The summed E-state index contributed by atoms with van der Waals surface area (Å²) in [6, 6.07) is 0.315. The maximum absolute atomic E-state index is 5.25. The van der Waals surface area contributed by atoms with Gasteiger partial charge in [0.2, 0.25) is 5.89 Å². The first-order chi connectivity index (χ1) is 6.92. The lowest BCUT2D eigenvalue weighted by Gasteiger charge is -2.01. The molecule has 2 aliphatic rings. The molecular weight excluding hydrogens is 214 g/mol. The van der Waals surface area contributed by atoms with E-state index in [1.165, 1.54) is 19.3 Å². The molecule has 5 heteroatoms. The Morgan fingerprint density at radius 2 is 2.20 bits per heavy atom. The fourth-order valence-electron chi connectivity index (χ4n) is 1.97. The molecule has 0 aromatic carbocycles. The van der Waals surface area contributed by atoms with E-state index in [-0.39, 0.29) is 12.4 Å². The number of aromatic nitrogens is 2. The van der Waals surface area contributed by atoms with Crippen molar-refractivity contribution in [3.8, 4) is 0 Å². The Bertz CT molecular complexity index is 318. The Labute approximate surface area is 95.2 Å². The lowest BCUT2D eigenvalue weighted by atomic mass is 10.2. The van der Waals surface area contributed by atoms with Crippen molar-refractivity contribution >= 4 is 12.4 Å². The van der Waals surface area contributed by atoms with Crippen LogP contribution in [-0.4, -0.2) is 16.7 Å². The highest BCUT2D eigenvalue weighted by atomic mass is 35.5. The normalized spacial score (nSPS) is 25.2. The largest absolute Gasteiger partial charge is 0.338 e. The van der Waals surface area contributed by atoms with E-state index in [0.717, 1.165) is 37.0 Å². The Kier molecular flexibility index (Phi) is 3.26. The van der Waals surface area contributed by atoms with Crippen LogP contribution in [0.4, 0.5) is 0 Å². The first-order valence-corrected chi connectivity index (χ1v) is 5.47. The summed E-state index contributed by atoms with van der Waals surface area (Å²) in [5.74, 6) is 2.52. The van der Waals surface area contributed by atoms with Gasteiger partial charge in [0.05, 0.1) is 6.04 Å². The summed E-state index contributed by atoms with van der Waals surface area (Å²) in [7, 11) is 0. The van der Waals surface area contributed by atoms with Crippen molar-refractivity contribution in [1.29, 1.82) is 0 Å². The van der Waals surface area contributed by atoms with Crippen molar-refractivity contribution < 1.29 is 4.52 Å². The van der Waals surface area contributed by atoms with Crippen LogP contribution in [0.2, 0.25) is 0 Å². The minimum absolute atomic E-state index is 0. The van der Waals surface area contributed by atoms with E-state index >= 15 is 0 Å². The molecule has 0 unspecified atom stereocenters. The molecule has 1 aliphatic heterocycles. The topological polar surface area (TPSA) is 51.0 Å². The molecule has 1 N–H and O–H groups in total. The standard InChI is InChI=1S/C10H15N3O.ClH/c1-2-8(11-5-1)10-12-9(13-14-10)6-7-3-4-7;/h7-8,11H,1-6H2;1H/t8-;/m0./s1. The zero-order chi connectivity index (χ0) is 9.38. The van der Waals surface area contributed by atoms with E-state index in [4.69, 9.17) is 4.52 Å². The highest BCUT2D eigenvalue weighted by Crippen LogP contribution is 2.32. The summed E-state index contributed by atoms with van der Waals surface area (Å²) in [6.45, 7) is 1.07. The van der Waals surface area contributed by atoms with Gasteiger partial charge in [-0.1, -0.05) is 5.16 Å². The number of hydrogen-bond donors (Lipinski definition) is 1. The predicted molar refractivity (Wildman–Crippen MR) is 58.0 cm³/mol. The maximum Gasteiger partial charge on any atom is 0.243 e. The van der Waals surface area contributed by atoms with Gasteiger partial charge in [-0.2, -0.15) is 4.98 Å². The molecule has 0 radical (unpaired) electrons. The molecule has 15 heavy (non-hydrogen) atoms. The summed E-state index contributed by atoms with van der Waals surface area (Å²) >= 11 is 0. The second kappa shape index (κ2) is 4.49. The van der Waals surface area contributed by atoms with Gasteiger partial charge in [0.1, 0.15) is 0 Å². The van der Waals surface area contributed by atoms with Crippen LogP contribution in [0.15, 0.2) is 4.52 Å². The summed E-state index contributed by atoms with van der Waals surface area (Å²) in [5, 5.41) is 7.37. The molecule has 1 aliphatic carbocycles. The summed E-state index contributed by atoms with van der Waals surface area (Å²) in [4.78, 5) is 4.43. The smallest absolute Gasteiger partial charge is 0.243 e. The lowest BCUT2D eigenvalue weighted by molar-refractivity contribution is 0.340. The third kappa shape index (κ3) is 2.49. The zero-order valence-corrected chi connectivity index (χ0v) is 9.42. The minimum Gasteiger partial charge on any atom is -0.338 e. The second-order valence-electron chi connectivity index (χ2n) is 4.35. The fourth-order valence-corrected chi connectivity index (χ4v) is 1.97. The van der Waals surface area contributed by atoms with Gasteiger partial charge in [0, 0.05) is 6.42 Å². The van der Waals surface area contributed by atoms with Gasteiger partial charge in [0.15, 0.2) is 5.82 Å². The minimum atomic E-state index is 0. The van der Waals surface area contributed by atoms with Gasteiger partial charge >= 0.3 is 0 Å². The molecule has 3 rings (SSSR count). The SMILES string of the molecule is C1CN[C@H](c2nc(CC3CC3)no2)C1.Cl. The van der Waals surface area contributed by atoms with Gasteiger partial charge < -0.3 is 9.84 Å². The Morgan fingerprint density at radius 3 is 2.87 bits per heavy atom. The average Bonchev–Trinajstić information content (AvgIpc) is 2.71. The van der Waals surface area contributed by atoms with Crippen molar-refractivity contribution in [3.63, 3.8) is 0 Å². The van der Waals surface area contributed by atoms with Crippen LogP contribution in [0.3, 0.4) is 0 Å². The monoisotopic (exact) mass is 229 g/mol. The van der Waals surface area contributed by atoms with Crippen LogP contribution in [0.1, 0.15) is 43.4 Å². The van der Waals surface area contributed by atoms with E-state index < -0.39 is 0 Å². The van der Waals surface area contributed by atoms with Crippen molar-refractivity contribution in [2.45, 2.75) is 38.1 Å². The van der Waals surface area contributed by atoms with Crippen molar-refractivity contribution in [3.05, 3.63) is 11.7 Å². The lowest BCUT2D eigenvalue weighted by Crippen LogP contribution is -2.13. The molecule has 2 fully saturated rings. The first kappa shape index (κ1) is 10.9. The molecule has 1 aromatic heterocycles. The average molecular weight is 230 g/mol. The van der Waals surface area contributed by atoms with Gasteiger partial charge in [-0.25, -0.2) is 0 Å². The second-order valence-corrected chi connectivity index (χ2v) is 4.35. The van der Waals surface area contributed by atoms with Crippen LogP contribution in [0.25, 0.3) is 0 Å². The van der Waals surface area contributed by atoms with Gasteiger partial charge in [-0.05, 0) is 38.1 Å². The molecule has 4 nitrogen and oxygen atoms in total. The predicted octanol–water partition coefficient (Wildman–Crippen LogP) is 1.87. The molecule has 1 atom stereocenters. The number of halogens is 1. The van der Waals surface area contributed by atoms with Crippen LogP contribution >= 0.6 is 12.4 Å². The van der Waals surface area contributed by atoms with Crippen LogP contribution in [0.5, 0.6) is 0 Å². The Balaban J connectivity index is 0.000000853. The van der Waals surface area contributed by atoms with Gasteiger partial charge in [-0.3, -0.25) is 0 Å². The van der Waals surface area contributed by atoms with Crippen molar-refractivity contribution in [2.75, 3.05) is 6.54 Å². The Morgan fingerprint density at radius 1 is 1.33 bits per heavy atom. The van der Waals surface area contributed by atoms with Crippen LogP contribution in [0, 0.1) is 5.92 Å². The molecule has 1 aromatic rings. The summed E-state index contributed by atoms with van der Waals surface area (Å²) in [6.07, 6.45) is 6.03. The number of nitrogens with one attached hydrogen (secondary N) is 1. The summed E-state index contributed by atoms with van der Waals surface area (Å²) < 4.78 is 5.25. The number of nitrogens with zero attached hydrogens (tertiary/aromatic N) is 2. The van der Waals surface area contributed by atoms with Gasteiger partial charge in [-0.15, -0.1) is 12.4 Å². The molecule has 1 saturated carbocycles. The van der Waals surface area contributed by atoms with E-state index in [0.29, 0.717) is 6.04 Å². The van der Waals surface area contributed by atoms with E-state index in [9.17, 15) is 0 Å². The van der Waals surface area contributed by atoms with Crippen LogP contribution < -0.4 is 5.32 Å². The van der Waals surface area contributed by atoms with Gasteiger partial charge in [0.25, 0.3) is 0 Å². The zero-order valence-electron chi connectivity index (χ0n) is 8.61. The highest BCUT2D eigenvalue weighted by Gasteiger charge is 2.26. The fraction of sp³-hybridized carbons (Fsp3) is 0.800.